The summed E-state index contributed by atoms with van der Waals surface area (Å²) in [6.07, 6.45) is 0.737. The van der Waals surface area contributed by atoms with Crippen LogP contribution in [0.2, 0.25) is 5.02 Å². The van der Waals surface area contributed by atoms with E-state index in [1.165, 1.54) is 12.1 Å². The number of nitrogens with one attached hydrogen (secondary N) is 2. The zero-order valence-electron chi connectivity index (χ0n) is 13.7. The molecule has 0 saturated carbocycles. The average molecular weight is 361 g/mol. The van der Waals surface area contributed by atoms with E-state index >= 15 is 0 Å². The third-order valence-corrected chi connectivity index (χ3v) is 4.22. The maximum atomic E-state index is 13.6. The number of amides is 1. The molecule has 1 heterocycles. The maximum Gasteiger partial charge on any atom is 0.251 e. The number of fused-ring (bicyclic) bond motifs is 1. The fourth-order valence-electron chi connectivity index (χ4n) is 2.61. The van der Waals surface area contributed by atoms with Crippen LogP contribution in [-0.4, -0.2) is 29.0 Å². The van der Waals surface area contributed by atoms with Crippen molar-refractivity contribution in [1.82, 2.24) is 15.3 Å². The molecule has 0 aliphatic carbocycles. The van der Waals surface area contributed by atoms with Gasteiger partial charge in [-0.25, -0.2) is 9.37 Å². The topological polar surface area (TPSA) is 83.8 Å². The summed E-state index contributed by atoms with van der Waals surface area (Å²) < 4.78 is 13.6. The van der Waals surface area contributed by atoms with Crippen LogP contribution < -0.4 is 11.1 Å². The van der Waals surface area contributed by atoms with Gasteiger partial charge < -0.3 is 16.0 Å². The van der Waals surface area contributed by atoms with Crippen molar-refractivity contribution in [3.05, 3.63) is 52.3 Å². The molecule has 0 aliphatic rings. The highest BCUT2D eigenvalue weighted by Crippen LogP contribution is 2.27. The lowest BCUT2D eigenvalue weighted by molar-refractivity contribution is 0.0953. The highest BCUT2D eigenvalue weighted by Gasteiger charge is 2.13. The third-order valence-electron chi connectivity index (χ3n) is 3.93. The number of benzene rings is 2. The Bertz CT molecular complexity index is 899. The van der Waals surface area contributed by atoms with Crippen LogP contribution in [0.25, 0.3) is 22.4 Å². The lowest BCUT2D eigenvalue weighted by Gasteiger charge is -2.07. The minimum Gasteiger partial charge on any atom is -0.352 e. The van der Waals surface area contributed by atoms with E-state index < -0.39 is 5.82 Å². The number of rotatable bonds is 5. The fourth-order valence-corrected chi connectivity index (χ4v) is 2.77. The van der Waals surface area contributed by atoms with Gasteiger partial charge in [-0.15, -0.1) is 0 Å². The molecule has 0 fully saturated rings. The molecule has 130 valence electrons. The van der Waals surface area contributed by atoms with Crippen molar-refractivity contribution < 1.29 is 9.18 Å². The minimum atomic E-state index is -0.506. The summed E-state index contributed by atoms with van der Waals surface area (Å²) in [7, 11) is 0. The Kier molecular flexibility index (Phi) is 5.01. The van der Waals surface area contributed by atoms with Gasteiger partial charge in [-0.2, -0.15) is 0 Å². The van der Waals surface area contributed by atoms with Crippen molar-refractivity contribution in [3.8, 4) is 11.4 Å². The summed E-state index contributed by atoms with van der Waals surface area (Å²) in [5, 5.41) is 2.87. The lowest BCUT2D eigenvalue weighted by Crippen LogP contribution is -2.26. The number of hydrogen-bond acceptors (Lipinski definition) is 3. The monoisotopic (exact) mass is 360 g/mol. The second kappa shape index (κ2) is 7.21. The van der Waals surface area contributed by atoms with Crippen LogP contribution in [0.5, 0.6) is 0 Å². The predicted octanol–water partition coefficient (Wildman–Crippen LogP) is 3.41. The molecule has 5 nitrogen and oxygen atoms in total. The molecule has 7 heteroatoms. The molecule has 0 radical (unpaired) electrons. The van der Waals surface area contributed by atoms with Crippen molar-refractivity contribution in [1.29, 1.82) is 0 Å². The van der Waals surface area contributed by atoms with Crippen molar-refractivity contribution in [2.75, 3.05) is 13.1 Å². The number of carbonyl (C=O) groups excluding carboxylic acids is 1. The molecular formula is C18H18ClFN4O. The van der Waals surface area contributed by atoms with Crippen molar-refractivity contribution in [2.24, 2.45) is 5.73 Å². The van der Waals surface area contributed by atoms with Crippen LogP contribution in [0, 0.1) is 12.7 Å². The summed E-state index contributed by atoms with van der Waals surface area (Å²) in [5.74, 6) is -0.0424. The number of hydrogen-bond donors (Lipinski definition) is 3. The molecule has 4 N–H and O–H groups in total. The first-order valence-electron chi connectivity index (χ1n) is 7.93. The smallest absolute Gasteiger partial charge is 0.251 e. The molecule has 0 unspecified atom stereocenters. The zero-order chi connectivity index (χ0) is 18.0. The Morgan fingerprint density at radius 2 is 2.16 bits per heavy atom. The van der Waals surface area contributed by atoms with E-state index in [1.54, 1.807) is 12.1 Å². The van der Waals surface area contributed by atoms with Gasteiger partial charge in [0.25, 0.3) is 5.91 Å². The predicted molar refractivity (Wildman–Crippen MR) is 97.2 cm³/mol. The van der Waals surface area contributed by atoms with Crippen molar-refractivity contribution in [2.45, 2.75) is 13.3 Å². The van der Waals surface area contributed by atoms with Crippen LogP contribution in [0.15, 0.2) is 30.3 Å². The number of aromatic amines is 1. The molecule has 0 bridgehead atoms. The van der Waals surface area contributed by atoms with Crippen LogP contribution in [0.3, 0.4) is 0 Å². The molecule has 3 aromatic rings. The fraction of sp³-hybridized carbons (Fsp3) is 0.222. The van der Waals surface area contributed by atoms with Crippen LogP contribution in [0.4, 0.5) is 4.39 Å². The highest BCUT2D eigenvalue weighted by atomic mass is 35.5. The Balaban J connectivity index is 1.89. The van der Waals surface area contributed by atoms with E-state index in [1.807, 2.05) is 13.0 Å². The van der Waals surface area contributed by atoms with E-state index in [9.17, 15) is 9.18 Å². The van der Waals surface area contributed by atoms with Crippen LogP contribution in [0.1, 0.15) is 22.3 Å². The molecule has 1 amide bonds. The molecule has 2 aromatic carbocycles. The van der Waals surface area contributed by atoms with Gasteiger partial charge in [-0.3, -0.25) is 4.79 Å². The number of H-pyrrole nitrogens is 1. The summed E-state index contributed by atoms with van der Waals surface area (Å²) in [6.45, 7) is 2.98. The molecule has 3 rings (SSSR count). The molecule has 0 spiro atoms. The van der Waals surface area contributed by atoms with Gasteiger partial charge in [0, 0.05) is 23.7 Å². The Hall–Kier alpha value is -2.44. The highest BCUT2D eigenvalue weighted by molar-refractivity contribution is 6.31. The molecule has 0 aliphatic heterocycles. The van der Waals surface area contributed by atoms with Crippen LogP contribution in [-0.2, 0) is 0 Å². The third kappa shape index (κ3) is 3.65. The summed E-state index contributed by atoms with van der Waals surface area (Å²) in [5.41, 5.74) is 8.87. The van der Waals surface area contributed by atoms with Gasteiger partial charge in [0.1, 0.15) is 11.6 Å². The van der Waals surface area contributed by atoms with Crippen molar-refractivity contribution >= 4 is 28.5 Å². The number of carbonyl (C=O) groups is 1. The van der Waals surface area contributed by atoms with E-state index in [4.69, 9.17) is 17.3 Å². The molecule has 0 atom stereocenters. The number of halogens is 2. The lowest BCUT2D eigenvalue weighted by atomic mass is 10.0. The molecule has 1 aromatic heterocycles. The quantitative estimate of drug-likeness (QED) is 0.610. The van der Waals surface area contributed by atoms with E-state index in [0.717, 1.165) is 17.5 Å². The molecule has 0 saturated heterocycles. The second-order valence-corrected chi connectivity index (χ2v) is 6.20. The normalized spacial score (nSPS) is 11.0. The summed E-state index contributed by atoms with van der Waals surface area (Å²) in [4.78, 5) is 19.7. The largest absolute Gasteiger partial charge is 0.352 e. The summed E-state index contributed by atoms with van der Waals surface area (Å²) >= 11 is 5.81. The van der Waals surface area contributed by atoms with E-state index in [0.29, 0.717) is 35.5 Å². The number of nitrogens with two attached hydrogens (primary N) is 1. The van der Waals surface area contributed by atoms with Gasteiger partial charge in [0.05, 0.1) is 16.1 Å². The first-order valence-corrected chi connectivity index (χ1v) is 8.31. The standard InChI is InChI=1S/C18H18ClFN4O/c1-10-7-11(18(25)22-6-2-5-21)3-4-12(10)17-23-15-8-13(19)14(20)9-16(15)24-17/h3-4,7-9H,2,5-6,21H2,1H3,(H,22,25)(H,23,24). The first-order chi connectivity index (χ1) is 12.0. The van der Waals surface area contributed by atoms with Gasteiger partial charge in [-0.1, -0.05) is 17.7 Å². The van der Waals surface area contributed by atoms with E-state index in [-0.39, 0.29) is 10.9 Å². The number of aromatic nitrogens is 2. The number of aryl methyl sites for hydroxylation is 1. The average Bonchev–Trinajstić information content (AvgIpc) is 2.97. The van der Waals surface area contributed by atoms with Gasteiger partial charge in [0.2, 0.25) is 0 Å². The zero-order valence-corrected chi connectivity index (χ0v) is 14.5. The molecular weight excluding hydrogens is 343 g/mol. The number of nitrogens with zero attached hydrogens (tertiary/aromatic N) is 1. The van der Waals surface area contributed by atoms with Gasteiger partial charge in [0.15, 0.2) is 0 Å². The molecule has 25 heavy (non-hydrogen) atoms. The number of imidazole rings is 1. The maximum absolute atomic E-state index is 13.6. The minimum absolute atomic E-state index is 0.0453. The van der Waals surface area contributed by atoms with Crippen molar-refractivity contribution in [3.63, 3.8) is 0 Å². The van der Waals surface area contributed by atoms with Gasteiger partial charge in [-0.05, 0) is 43.7 Å². The van der Waals surface area contributed by atoms with Crippen LogP contribution >= 0.6 is 11.6 Å². The Morgan fingerprint density at radius 3 is 2.88 bits per heavy atom. The first kappa shape index (κ1) is 17.4. The summed E-state index contributed by atoms with van der Waals surface area (Å²) in [6, 6.07) is 8.17. The Morgan fingerprint density at radius 1 is 1.36 bits per heavy atom. The second-order valence-electron chi connectivity index (χ2n) is 5.80. The SMILES string of the molecule is Cc1cc(C(=O)NCCCN)ccc1-c1nc2cc(F)c(Cl)cc2[nH]1. The van der Waals surface area contributed by atoms with E-state index in [2.05, 4.69) is 15.3 Å². The Labute approximate surface area is 149 Å². The van der Waals surface area contributed by atoms with Gasteiger partial charge >= 0.3 is 0 Å².